The highest BCUT2D eigenvalue weighted by atomic mass is 35.5. The van der Waals surface area contributed by atoms with Gasteiger partial charge in [-0.05, 0) is 38.0 Å². The van der Waals surface area contributed by atoms with E-state index in [1.54, 1.807) is 11.8 Å². The SMILES string of the molecule is Cc1ccc2cc(CSc3nnc(C)n3C)c(Cl)nc2c1C. The number of nitrogens with zero attached hydrogens (tertiary/aromatic N) is 4. The molecule has 0 fully saturated rings. The van der Waals surface area contributed by atoms with Gasteiger partial charge in [-0.3, -0.25) is 0 Å². The predicted octanol–water partition coefficient (Wildman–Crippen LogP) is 4.23. The van der Waals surface area contributed by atoms with E-state index in [9.17, 15) is 0 Å². The van der Waals surface area contributed by atoms with E-state index in [1.807, 2.05) is 18.5 Å². The number of fused-ring (bicyclic) bond motifs is 1. The number of benzene rings is 1. The molecule has 1 aromatic carbocycles. The lowest BCUT2D eigenvalue weighted by molar-refractivity contribution is 0.765. The Morgan fingerprint density at radius 2 is 1.95 bits per heavy atom. The summed E-state index contributed by atoms with van der Waals surface area (Å²) in [6.45, 7) is 6.11. The molecule has 0 aliphatic rings. The van der Waals surface area contributed by atoms with Gasteiger partial charge >= 0.3 is 0 Å². The molecule has 114 valence electrons. The van der Waals surface area contributed by atoms with E-state index < -0.39 is 0 Å². The van der Waals surface area contributed by atoms with Gasteiger partial charge in [0.25, 0.3) is 0 Å². The lowest BCUT2D eigenvalue weighted by Gasteiger charge is -2.09. The molecule has 0 spiro atoms. The molecule has 3 rings (SSSR count). The fourth-order valence-electron chi connectivity index (χ4n) is 2.26. The number of thioether (sulfide) groups is 1. The topological polar surface area (TPSA) is 43.6 Å². The highest BCUT2D eigenvalue weighted by Gasteiger charge is 2.11. The van der Waals surface area contributed by atoms with Gasteiger partial charge in [0.15, 0.2) is 5.16 Å². The van der Waals surface area contributed by atoms with Crippen molar-refractivity contribution in [3.8, 4) is 0 Å². The average Bonchev–Trinajstić information content (AvgIpc) is 2.81. The van der Waals surface area contributed by atoms with Crippen molar-refractivity contribution < 1.29 is 0 Å². The first-order valence-corrected chi connectivity index (χ1v) is 8.38. The van der Waals surface area contributed by atoms with Gasteiger partial charge in [0.1, 0.15) is 11.0 Å². The Morgan fingerprint density at radius 3 is 2.64 bits per heavy atom. The van der Waals surface area contributed by atoms with Crippen molar-refractivity contribution in [2.24, 2.45) is 7.05 Å². The number of aryl methyl sites for hydroxylation is 3. The number of hydrogen-bond donors (Lipinski definition) is 0. The lowest BCUT2D eigenvalue weighted by Crippen LogP contribution is -1.95. The van der Waals surface area contributed by atoms with Crippen LogP contribution in [0.25, 0.3) is 10.9 Å². The summed E-state index contributed by atoms with van der Waals surface area (Å²) in [7, 11) is 1.96. The number of halogens is 1. The largest absolute Gasteiger partial charge is 0.309 e. The van der Waals surface area contributed by atoms with Gasteiger partial charge in [-0.2, -0.15) is 0 Å². The Morgan fingerprint density at radius 1 is 1.18 bits per heavy atom. The van der Waals surface area contributed by atoms with Crippen molar-refractivity contribution in [3.63, 3.8) is 0 Å². The van der Waals surface area contributed by atoms with E-state index in [0.717, 1.165) is 33.2 Å². The second-order valence-electron chi connectivity index (χ2n) is 5.39. The molecule has 0 aliphatic carbocycles. The van der Waals surface area contributed by atoms with Crippen LogP contribution in [0.15, 0.2) is 23.4 Å². The van der Waals surface area contributed by atoms with Crippen LogP contribution in [-0.2, 0) is 12.8 Å². The van der Waals surface area contributed by atoms with Gasteiger partial charge in [-0.1, -0.05) is 35.5 Å². The maximum Gasteiger partial charge on any atom is 0.191 e. The maximum absolute atomic E-state index is 6.37. The molecule has 0 saturated heterocycles. The van der Waals surface area contributed by atoms with E-state index in [2.05, 4.69) is 47.2 Å². The number of hydrogen-bond acceptors (Lipinski definition) is 4. The summed E-state index contributed by atoms with van der Waals surface area (Å²) in [5.41, 5.74) is 4.41. The summed E-state index contributed by atoms with van der Waals surface area (Å²) in [4.78, 5) is 4.59. The first kappa shape index (κ1) is 15.3. The van der Waals surface area contributed by atoms with Gasteiger partial charge in [-0.15, -0.1) is 10.2 Å². The van der Waals surface area contributed by atoms with E-state index in [1.165, 1.54) is 11.1 Å². The van der Waals surface area contributed by atoms with E-state index >= 15 is 0 Å². The quantitative estimate of drug-likeness (QED) is 0.531. The number of pyridine rings is 1. The zero-order valence-electron chi connectivity index (χ0n) is 13.0. The van der Waals surface area contributed by atoms with Crippen LogP contribution >= 0.6 is 23.4 Å². The van der Waals surface area contributed by atoms with E-state index in [0.29, 0.717) is 5.15 Å². The second kappa shape index (κ2) is 5.89. The fourth-order valence-corrected chi connectivity index (χ4v) is 3.48. The highest BCUT2D eigenvalue weighted by Crippen LogP contribution is 2.29. The van der Waals surface area contributed by atoms with Crippen molar-refractivity contribution in [1.82, 2.24) is 19.7 Å². The second-order valence-corrected chi connectivity index (χ2v) is 6.70. The zero-order valence-corrected chi connectivity index (χ0v) is 14.6. The van der Waals surface area contributed by atoms with Crippen molar-refractivity contribution in [1.29, 1.82) is 0 Å². The molecule has 0 bridgehead atoms. The minimum Gasteiger partial charge on any atom is -0.309 e. The van der Waals surface area contributed by atoms with Crippen LogP contribution in [0.5, 0.6) is 0 Å². The molecular formula is C16H17ClN4S. The molecule has 6 heteroatoms. The van der Waals surface area contributed by atoms with Crippen LogP contribution in [0, 0.1) is 20.8 Å². The van der Waals surface area contributed by atoms with Gasteiger partial charge in [-0.25, -0.2) is 4.98 Å². The fraction of sp³-hybridized carbons (Fsp3) is 0.312. The van der Waals surface area contributed by atoms with Crippen LogP contribution in [0.2, 0.25) is 5.15 Å². The molecule has 2 aromatic heterocycles. The third kappa shape index (κ3) is 2.71. The molecule has 0 N–H and O–H groups in total. The standard InChI is InChI=1S/C16H17ClN4S/c1-9-5-6-12-7-13(15(17)18-14(12)10(9)2)8-22-16-20-19-11(3)21(16)4/h5-7H,8H2,1-4H3. The molecule has 0 aliphatic heterocycles. The molecule has 0 amide bonds. The minimum atomic E-state index is 0.563. The smallest absolute Gasteiger partial charge is 0.191 e. The molecule has 0 saturated carbocycles. The van der Waals surface area contributed by atoms with Crippen molar-refractivity contribution >= 4 is 34.3 Å². The van der Waals surface area contributed by atoms with Gasteiger partial charge in [0, 0.05) is 23.8 Å². The van der Waals surface area contributed by atoms with Crippen molar-refractivity contribution in [2.75, 3.05) is 0 Å². The third-order valence-electron chi connectivity index (χ3n) is 3.95. The van der Waals surface area contributed by atoms with Crippen LogP contribution in [0.3, 0.4) is 0 Å². The number of aromatic nitrogens is 4. The molecule has 0 radical (unpaired) electrons. The zero-order chi connectivity index (χ0) is 15.9. The normalized spacial score (nSPS) is 11.3. The van der Waals surface area contributed by atoms with E-state index in [-0.39, 0.29) is 0 Å². The lowest BCUT2D eigenvalue weighted by atomic mass is 10.0. The molecule has 22 heavy (non-hydrogen) atoms. The summed E-state index contributed by atoms with van der Waals surface area (Å²) >= 11 is 7.99. The molecule has 0 atom stereocenters. The number of rotatable bonds is 3. The minimum absolute atomic E-state index is 0.563. The molecule has 2 heterocycles. The Kier molecular flexibility index (Phi) is 4.10. The van der Waals surface area contributed by atoms with E-state index in [4.69, 9.17) is 11.6 Å². The maximum atomic E-state index is 6.37. The van der Waals surface area contributed by atoms with Crippen LogP contribution < -0.4 is 0 Å². The highest BCUT2D eigenvalue weighted by molar-refractivity contribution is 7.98. The summed E-state index contributed by atoms with van der Waals surface area (Å²) in [5.74, 6) is 1.62. The summed E-state index contributed by atoms with van der Waals surface area (Å²) < 4.78 is 1.97. The van der Waals surface area contributed by atoms with Gasteiger partial charge in [0.2, 0.25) is 0 Å². The molecular weight excluding hydrogens is 316 g/mol. The van der Waals surface area contributed by atoms with Crippen molar-refractivity contribution in [2.45, 2.75) is 31.7 Å². The Balaban J connectivity index is 1.93. The van der Waals surface area contributed by atoms with Gasteiger partial charge in [0.05, 0.1) is 5.52 Å². The first-order valence-electron chi connectivity index (χ1n) is 7.01. The monoisotopic (exact) mass is 332 g/mol. The summed E-state index contributed by atoms with van der Waals surface area (Å²) in [6, 6.07) is 6.34. The molecule has 3 aromatic rings. The van der Waals surface area contributed by atoms with Crippen LogP contribution in [0.1, 0.15) is 22.5 Å². The first-order chi connectivity index (χ1) is 10.5. The Labute approximate surface area is 138 Å². The molecule has 4 nitrogen and oxygen atoms in total. The molecule has 0 unspecified atom stereocenters. The van der Waals surface area contributed by atoms with Gasteiger partial charge < -0.3 is 4.57 Å². The van der Waals surface area contributed by atoms with Crippen LogP contribution in [0.4, 0.5) is 0 Å². The Bertz CT molecular complexity index is 857. The average molecular weight is 333 g/mol. The predicted molar refractivity (Wildman–Crippen MR) is 91.5 cm³/mol. The van der Waals surface area contributed by atoms with Crippen LogP contribution in [-0.4, -0.2) is 19.7 Å². The van der Waals surface area contributed by atoms with Crippen molar-refractivity contribution in [3.05, 3.63) is 45.9 Å². The summed E-state index contributed by atoms with van der Waals surface area (Å²) in [5, 5.41) is 10.8. The summed E-state index contributed by atoms with van der Waals surface area (Å²) in [6.07, 6.45) is 0. The Hall–Kier alpha value is -1.59. The third-order valence-corrected chi connectivity index (χ3v) is 5.34.